The van der Waals surface area contributed by atoms with Crippen LogP contribution in [0.5, 0.6) is 5.75 Å². The Morgan fingerprint density at radius 3 is 2.35 bits per heavy atom. The second kappa shape index (κ2) is 5.07. The number of alkyl halides is 2. The second-order valence-corrected chi connectivity index (χ2v) is 7.63. The average molecular weight is 364 g/mol. The SMILES string of the molecule is CC(F)(F)S(=O)(=O)Oc1ccc2c(sc3c(F)cccc32)c1F. The molecule has 0 radical (unpaired) electrons. The molecule has 3 aromatic rings. The van der Waals surface area contributed by atoms with Crippen LogP contribution in [-0.4, -0.2) is 13.7 Å². The quantitative estimate of drug-likeness (QED) is 0.502. The van der Waals surface area contributed by atoms with E-state index in [0.29, 0.717) is 10.8 Å². The summed E-state index contributed by atoms with van der Waals surface area (Å²) in [7, 11) is -5.32. The van der Waals surface area contributed by atoms with Crippen molar-refractivity contribution in [1.82, 2.24) is 0 Å². The molecule has 2 aromatic carbocycles. The molecule has 0 saturated carbocycles. The minimum Gasteiger partial charge on any atom is -0.375 e. The van der Waals surface area contributed by atoms with Crippen LogP contribution in [0.2, 0.25) is 0 Å². The highest BCUT2D eigenvalue weighted by Crippen LogP contribution is 2.40. The third kappa shape index (κ3) is 2.53. The summed E-state index contributed by atoms with van der Waals surface area (Å²) in [6.07, 6.45) is 0. The van der Waals surface area contributed by atoms with Crippen molar-refractivity contribution in [2.45, 2.75) is 12.2 Å². The van der Waals surface area contributed by atoms with E-state index in [0.717, 1.165) is 17.4 Å². The van der Waals surface area contributed by atoms with Crippen molar-refractivity contribution < 1.29 is 30.2 Å². The fourth-order valence-corrected chi connectivity index (χ4v) is 3.68. The summed E-state index contributed by atoms with van der Waals surface area (Å²) >= 11 is 0.750. The van der Waals surface area contributed by atoms with Gasteiger partial charge in [0.2, 0.25) is 0 Å². The van der Waals surface area contributed by atoms with E-state index in [9.17, 15) is 26.0 Å². The average Bonchev–Trinajstić information content (AvgIpc) is 2.82. The fraction of sp³-hybridized carbons (Fsp3) is 0.143. The number of halogens is 4. The van der Waals surface area contributed by atoms with Gasteiger partial charge in [-0.05, 0) is 18.2 Å². The molecule has 0 bridgehead atoms. The Balaban J connectivity index is 2.21. The normalized spacial score (nSPS) is 12.9. The molecule has 23 heavy (non-hydrogen) atoms. The maximum Gasteiger partial charge on any atom is 0.377 e. The van der Waals surface area contributed by atoms with Gasteiger partial charge in [-0.3, -0.25) is 0 Å². The van der Waals surface area contributed by atoms with Gasteiger partial charge in [-0.2, -0.15) is 17.2 Å². The zero-order valence-electron chi connectivity index (χ0n) is 11.4. The van der Waals surface area contributed by atoms with Gasteiger partial charge in [0.25, 0.3) is 0 Å². The van der Waals surface area contributed by atoms with Crippen LogP contribution in [0.25, 0.3) is 20.2 Å². The largest absolute Gasteiger partial charge is 0.377 e. The standard InChI is InChI=1S/C14H8F4O3S2/c1-14(17,18)23(19,20)21-10-6-5-8-7-3-2-4-9(15)12(7)22-13(8)11(10)16/h2-6H,1H3. The van der Waals surface area contributed by atoms with Crippen LogP contribution in [0.3, 0.4) is 0 Å². The second-order valence-electron chi connectivity index (χ2n) is 4.82. The molecule has 0 unspecified atom stereocenters. The first kappa shape index (κ1) is 16.0. The zero-order valence-corrected chi connectivity index (χ0v) is 13.1. The number of thiophene rings is 1. The molecule has 0 fully saturated rings. The van der Waals surface area contributed by atoms with Gasteiger partial charge in [0.1, 0.15) is 5.82 Å². The third-order valence-corrected chi connectivity index (χ3v) is 5.66. The van der Waals surface area contributed by atoms with Gasteiger partial charge in [-0.1, -0.05) is 12.1 Å². The van der Waals surface area contributed by atoms with Crippen LogP contribution in [-0.2, 0) is 10.1 Å². The lowest BCUT2D eigenvalue weighted by atomic mass is 10.1. The number of rotatable bonds is 3. The molecule has 0 aliphatic carbocycles. The predicted octanol–water partition coefficient (Wildman–Crippen LogP) is 4.65. The predicted molar refractivity (Wildman–Crippen MR) is 79.4 cm³/mol. The van der Waals surface area contributed by atoms with E-state index < -0.39 is 32.8 Å². The molecule has 1 aromatic heterocycles. The van der Waals surface area contributed by atoms with Crippen molar-refractivity contribution in [3.05, 3.63) is 42.0 Å². The molecule has 1 heterocycles. The van der Waals surface area contributed by atoms with E-state index in [2.05, 4.69) is 4.18 Å². The van der Waals surface area contributed by atoms with Crippen LogP contribution in [0.4, 0.5) is 17.6 Å². The molecule has 122 valence electrons. The summed E-state index contributed by atoms with van der Waals surface area (Å²) in [4.78, 5) is 0. The summed E-state index contributed by atoms with van der Waals surface area (Å²) in [6.45, 7) is 0.133. The molecule has 0 spiro atoms. The van der Waals surface area contributed by atoms with Crippen LogP contribution >= 0.6 is 11.3 Å². The first-order valence-corrected chi connectivity index (χ1v) is 8.45. The molecular formula is C14H8F4O3S2. The molecule has 0 atom stereocenters. The number of hydrogen-bond acceptors (Lipinski definition) is 4. The smallest absolute Gasteiger partial charge is 0.375 e. The summed E-state index contributed by atoms with van der Waals surface area (Å²) in [5.74, 6) is -2.54. The van der Waals surface area contributed by atoms with Crippen molar-refractivity contribution in [2.24, 2.45) is 0 Å². The molecule has 3 rings (SSSR count). The van der Waals surface area contributed by atoms with Crippen molar-refractivity contribution in [3.8, 4) is 5.75 Å². The Kier molecular flexibility index (Phi) is 3.53. The number of fused-ring (bicyclic) bond motifs is 3. The molecular weight excluding hydrogens is 356 g/mol. The lowest BCUT2D eigenvalue weighted by Gasteiger charge is -2.13. The van der Waals surface area contributed by atoms with E-state index in [1.54, 1.807) is 6.07 Å². The van der Waals surface area contributed by atoms with E-state index in [-0.39, 0.29) is 16.3 Å². The lowest BCUT2D eigenvalue weighted by Crippen LogP contribution is -2.29. The van der Waals surface area contributed by atoms with Gasteiger partial charge < -0.3 is 4.18 Å². The van der Waals surface area contributed by atoms with E-state index in [4.69, 9.17) is 0 Å². The highest BCUT2D eigenvalue weighted by molar-refractivity contribution is 7.88. The van der Waals surface area contributed by atoms with Crippen LogP contribution in [0, 0.1) is 11.6 Å². The summed E-state index contributed by atoms with van der Waals surface area (Å²) < 4.78 is 81.1. The molecule has 9 heteroatoms. The maximum atomic E-state index is 14.4. The van der Waals surface area contributed by atoms with Gasteiger partial charge in [-0.25, -0.2) is 8.78 Å². The number of hydrogen-bond donors (Lipinski definition) is 0. The van der Waals surface area contributed by atoms with Gasteiger partial charge in [0.05, 0.1) is 9.40 Å². The molecule has 3 nitrogen and oxygen atoms in total. The molecule has 0 N–H and O–H groups in total. The van der Waals surface area contributed by atoms with Crippen molar-refractivity contribution in [2.75, 3.05) is 0 Å². The third-order valence-electron chi connectivity index (χ3n) is 3.16. The fourth-order valence-electron chi connectivity index (χ4n) is 2.03. The van der Waals surface area contributed by atoms with Crippen LogP contribution in [0.1, 0.15) is 6.92 Å². The minimum atomic E-state index is -5.32. The summed E-state index contributed by atoms with van der Waals surface area (Å²) in [5, 5.41) is -3.39. The number of benzene rings is 2. The topological polar surface area (TPSA) is 43.4 Å². The first-order chi connectivity index (χ1) is 10.6. The van der Waals surface area contributed by atoms with Crippen molar-refractivity contribution in [3.63, 3.8) is 0 Å². The lowest BCUT2D eigenvalue weighted by molar-refractivity contribution is 0.103. The summed E-state index contributed by atoms with van der Waals surface area (Å²) in [5.41, 5.74) is 0. The Hall–Kier alpha value is -1.87. The summed E-state index contributed by atoms with van der Waals surface area (Å²) in [6, 6.07) is 6.46. The van der Waals surface area contributed by atoms with Gasteiger partial charge in [0.15, 0.2) is 11.6 Å². The first-order valence-electron chi connectivity index (χ1n) is 6.23. The molecule has 0 aliphatic heterocycles. The van der Waals surface area contributed by atoms with E-state index in [1.165, 1.54) is 18.2 Å². The molecule has 0 aliphatic rings. The Morgan fingerprint density at radius 1 is 1.04 bits per heavy atom. The molecule has 0 amide bonds. The highest BCUT2D eigenvalue weighted by atomic mass is 32.2. The van der Waals surface area contributed by atoms with Crippen LogP contribution < -0.4 is 4.18 Å². The Morgan fingerprint density at radius 2 is 1.70 bits per heavy atom. The highest BCUT2D eigenvalue weighted by Gasteiger charge is 2.42. The Labute approximate surface area is 132 Å². The van der Waals surface area contributed by atoms with Crippen molar-refractivity contribution >= 4 is 41.6 Å². The minimum absolute atomic E-state index is 0.0720. The van der Waals surface area contributed by atoms with Gasteiger partial charge in [-0.15, -0.1) is 11.3 Å². The molecule has 0 saturated heterocycles. The van der Waals surface area contributed by atoms with Crippen molar-refractivity contribution in [1.29, 1.82) is 0 Å². The van der Waals surface area contributed by atoms with E-state index in [1.807, 2.05) is 0 Å². The van der Waals surface area contributed by atoms with Crippen LogP contribution in [0.15, 0.2) is 30.3 Å². The monoisotopic (exact) mass is 364 g/mol. The maximum absolute atomic E-state index is 14.4. The van der Waals surface area contributed by atoms with E-state index >= 15 is 0 Å². The van der Waals surface area contributed by atoms with Gasteiger partial charge in [0, 0.05) is 17.7 Å². The zero-order chi connectivity index (χ0) is 17.0. The Bertz CT molecular complexity index is 1020. The van der Waals surface area contributed by atoms with Gasteiger partial charge >= 0.3 is 15.4 Å².